The van der Waals surface area contributed by atoms with Crippen LogP contribution in [0.4, 0.5) is 0 Å². The fraction of sp³-hybridized carbons (Fsp3) is 0.500. The largest absolute Gasteiger partial charge is 0.352 e. The Morgan fingerprint density at radius 3 is 3.15 bits per heavy atom. The normalized spacial score (nSPS) is 18.6. The van der Waals surface area contributed by atoms with Crippen LogP contribution in [0.2, 0.25) is 0 Å². The molecule has 2 aromatic rings. The number of nitrogens with zero attached hydrogens (tertiary/aromatic N) is 3. The quantitative estimate of drug-likeness (QED) is 0.878. The van der Waals surface area contributed by atoms with Gasteiger partial charge in [-0.2, -0.15) is 5.10 Å². The van der Waals surface area contributed by atoms with Gasteiger partial charge in [-0.05, 0) is 26.3 Å². The van der Waals surface area contributed by atoms with Gasteiger partial charge in [0.05, 0.1) is 17.4 Å². The minimum atomic E-state index is -0.0351. The maximum absolute atomic E-state index is 11.1. The first-order valence-corrected chi connectivity index (χ1v) is 6.97. The number of aryl methyl sites for hydroxylation is 1. The van der Waals surface area contributed by atoms with Gasteiger partial charge >= 0.3 is 0 Å². The summed E-state index contributed by atoms with van der Waals surface area (Å²) in [6.07, 6.45) is 4.10. The Hall–Kier alpha value is -1.95. The number of carbonyl (C=O) groups excluding carboxylic acids is 1. The van der Waals surface area contributed by atoms with Crippen LogP contribution in [0, 0.1) is 6.92 Å². The standard InChI is InChI=1S/C14H19N5O/c1-9-6-13-17-8-11(7-16-10(2)20)14(19(13)18-9)12-4-3-5-15-12/h6,8,12,15H,3-5,7H2,1-2H3,(H,16,20). The lowest BCUT2D eigenvalue weighted by Crippen LogP contribution is -2.24. The summed E-state index contributed by atoms with van der Waals surface area (Å²) >= 11 is 0. The van der Waals surface area contributed by atoms with Crippen molar-refractivity contribution in [1.29, 1.82) is 0 Å². The van der Waals surface area contributed by atoms with E-state index < -0.39 is 0 Å². The van der Waals surface area contributed by atoms with Crippen LogP contribution < -0.4 is 10.6 Å². The van der Waals surface area contributed by atoms with Crippen LogP contribution in [-0.4, -0.2) is 27.0 Å². The van der Waals surface area contributed by atoms with E-state index in [1.165, 1.54) is 6.92 Å². The second kappa shape index (κ2) is 5.20. The number of rotatable bonds is 3. The first kappa shape index (κ1) is 13.1. The zero-order chi connectivity index (χ0) is 14.1. The molecule has 0 bridgehead atoms. The Morgan fingerprint density at radius 2 is 2.45 bits per heavy atom. The molecule has 3 rings (SSSR count). The highest BCUT2D eigenvalue weighted by atomic mass is 16.1. The molecule has 1 amide bonds. The Balaban J connectivity index is 2.07. The predicted octanol–water partition coefficient (Wildman–Crippen LogP) is 1.10. The third-order valence-corrected chi connectivity index (χ3v) is 3.64. The molecule has 0 aliphatic carbocycles. The van der Waals surface area contributed by atoms with E-state index in [9.17, 15) is 4.79 Å². The molecule has 1 saturated heterocycles. The SMILES string of the molecule is CC(=O)NCc1cnc2cc(C)nn2c1C1CCCN1. The van der Waals surface area contributed by atoms with Crippen molar-refractivity contribution >= 4 is 11.6 Å². The third kappa shape index (κ3) is 2.38. The summed E-state index contributed by atoms with van der Waals surface area (Å²) in [4.78, 5) is 15.6. The van der Waals surface area contributed by atoms with Gasteiger partial charge in [-0.25, -0.2) is 9.50 Å². The van der Waals surface area contributed by atoms with Gasteiger partial charge in [-0.15, -0.1) is 0 Å². The minimum absolute atomic E-state index is 0.0351. The van der Waals surface area contributed by atoms with Crippen LogP contribution in [0.5, 0.6) is 0 Å². The lowest BCUT2D eigenvalue weighted by molar-refractivity contribution is -0.119. The Kier molecular flexibility index (Phi) is 3.40. The summed E-state index contributed by atoms with van der Waals surface area (Å²) in [7, 11) is 0. The van der Waals surface area contributed by atoms with Crippen LogP contribution in [0.15, 0.2) is 12.3 Å². The molecule has 1 aliphatic rings. The van der Waals surface area contributed by atoms with Crippen molar-refractivity contribution in [2.24, 2.45) is 0 Å². The minimum Gasteiger partial charge on any atom is -0.352 e. The van der Waals surface area contributed by atoms with Crippen molar-refractivity contribution in [3.05, 3.63) is 29.2 Å². The average molecular weight is 273 g/mol. The zero-order valence-electron chi connectivity index (χ0n) is 11.8. The van der Waals surface area contributed by atoms with Crippen molar-refractivity contribution in [3.63, 3.8) is 0 Å². The van der Waals surface area contributed by atoms with Crippen molar-refractivity contribution in [2.75, 3.05) is 6.54 Å². The number of fused-ring (bicyclic) bond motifs is 1. The van der Waals surface area contributed by atoms with Crippen LogP contribution in [-0.2, 0) is 11.3 Å². The van der Waals surface area contributed by atoms with E-state index in [0.717, 1.165) is 42.0 Å². The highest BCUT2D eigenvalue weighted by molar-refractivity contribution is 5.72. The van der Waals surface area contributed by atoms with Gasteiger partial charge < -0.3 is 10.6 Å². The van der Waals surface area contributed by atoms with E-state index in [0.29, 0.717) is 6.54 Å². The van der Waals surface area contributed by atoms with E-state index in [2.05, 4.69) is 20.7 Å². The van der Waals surface area contributed by atoms with Gasteiger partial charge in [0.15, 0.2) is 5.65 Å². The molecule has 0 aromatic carbocycles. The maximum Gasteiger partial charge on any atom is 0.217 e. The molecular formula is C14H19N5O. The molecule has 1 atom stereocenters. The van der Waals surface area contributed by atoms with Gasteiger partial charge in [0, 0.05) is 31.3 Å². The van der Waals surface area contributed by atoms with Crippen LogP contribution in [0.25, 0.3) is 5.65 Å². The molecule has 0 radical (unpaired) electrons. The molecule has 106 valence electrons. The van der Waals surface area contributed by atoms with Crippen molar-refractivity contribution in [2.45, 2.75) is 39.3 Å². The summed E-state index contributed by atoms with van der Waals surface area (Å²) < 4.78 is 1.91. The number of aromatic nitrogens is 3. The molecule has 1 fully saturated rings. The highest BCUT2D eigenvalue weighted by Gasteiger charge is 2.23. The Morgan fingerprint density at radius 1 is 1.60 bits per heavy atom. The molecule has 6 heteroatoms. The maximum atomic E-state index is 11.1. The first-order chi connectivity index (χ1) is 9.65. The van der Waals surface area contributed by atoms with Crippen molar-refractivity contribution < 1.29 is 4.79 Å². The van der Waals surface area contributed by atoms with Gasteiger partial charge in [-0.1, -0.05) is 0 Å². The average Bonchev–Trinajstić information content (AvgIpc) is 3.03. The molecule has 1 unspecified atom stereocenters. The third-order valence-electron chi connectivity index (χ3n) is 3.64. The molecule has 0 saturated carbocycles. The van der Waals surface area contributed by atoms with Gasteiger partial charge in [0.2, 0.25) is 5.91 Å². The second-order valence-electron chi connectivity index (χ2n) is 5.28. The summed E-state index contributed by atoms with van der Waals surface area (Å²) in [5.74, 6) is -0.0351. The smallest absolute Gasteiger partial charge is 0.217 e. The lowest BCUT2D eigenvalue weighted by atomic mass is 10.1. The fourth-order valence-corrected chi connectivity index (χ4v) is 2.75. The second-order valence-corrected chi connectivity index (χ2v) is 5.28. The number of amides is 1. The summed E-state index contributed by atoms with van der Waals surface area (Å²) in [5.41, 5.74) is 3.95. The Labute approximate surface area is 117 Å². The zero-order valence-corrected chi connectivity index (χ0v) is 11.8. The molecule has 6 nitrogen and oxygen atoms in total. The number of hydrogen-bond acceptors (Lipinski definition) is 4. The molecule has 2 N–H and O–H groups in total. The van der Waals surface area contributed by atoms with Crippen LogP contribution >= 0.6 is 0 Å². The van der Waals surface area contributed by atoms with Gasteiger partial charge in [-0.3, -0.25) is 4.79 Å². The number of nitrogens with one attached hydrogen (secondary N) is 2. The predicted molar refractivity (Wildman–Crippen MR) is 75.2 cm³/mol. The molecule has 0 spiro atoms. The van der Waals surface area contributed by atoms with E-state index in [1.807, 2.05) is 23.7 Å². The lowest BCUT2D eigenvalue weighted by Gasteiger charge is -2.17. The Bertz CT molecular complexity index is 642. The first-order valence-electron chi connectivity index (χ1n) is 6.97. The van der Waals surface area contributed by atoms with Crippen molar-refractivity contribution in [3.8, 4) is 0 Å². The molecular weight excluding hydrogens is 254 g/mol. The molecule has 20 heavy (non-hydrogen) atoms. The molecule has 2 aromatic heterocycles. The summed E-state index contributed by atoms with van der Waals surface area (Å²) in [5, 5.41) is 10.9. The van der Waals surface area contributed by atoms with E-state index >= 15 is 0 Å². The van der Waals surface area contributed by atoms with Gasteiger partial charge in [0.25, 0.3) is 0 Å². The topological polar surface area (TPSA) is 71.3 Å². The summed E-state index contributed by atoms with van der Waals surface area (Å²) in [6, 6.07) is 2.25. The summed E-state index contributed by atoms with van der Waals surface area (Å²) in [6.45, 7) is 5.00. The van der Waals surface area contributed by atoms with Gasteiger partial charge in [0.1, 0.15) is 0 Å². The van der Waals surface area contributed by atoms with Crippen molar-refractivity contribution in [1.82, 2.24) is 25.2 Å². The fourth-order valence-electron chi connectivity index (χ4n) is 2.75. The number of carbonyl (C=O) groups is 1. The van der Waals surface area contributed by atoms with Crippen LogP contribution in [0.3, 0.4) is 0 Å². The number of hydrogen-bond donors (Lipinski definition) is 2. The molecule has 1 aliphatic heterocycles. The highest BCUT2D eigenvalue weighted by Crippen LogP contribution is 2.26. The molecule has 3 heterocycles. The van der Waals surface area contributed by atoms with E-state index in [1.54, 1.807) is 0 Å². The van der Waals surface area contributed by atoms with E-state index in [4.69, 9.17) is 0 Å². The van der Waals surface area contributed by atoms with Crippen LogP contribution in [0.1, 0.15) is 42.8 Å². The van der Waals surface area contributed by atoms with E-state index in [-0.39, 0.29) is 11.9 Å². The monoisotopic (exact) mass is 273 g/mol.